The Balaban J connectivity index is 2.10. The third-order valence-corrected chi connectivity index (χ3v) is 3.80. The number of H-pyrrole nitrogens is 1. The van der Waals surface area contributed by atoms with Gasteiger partial charge in [-0.15, -0.1) is 5.76 Å². The molecule has 1 heterocycles. The lowest BCUT2D eigenvalue weighted by molar-refractivity contribution is -0.309. The van der Waals surface area contributed by atoms with Gasteiger partial charge in [0.15, 0.2) is 5.78 Å². The number of nitrogens with one attached hydrogen (secondary N) is 1. The second kappa shape index (κ2) is 4.69. The normalized spacial score (nSPS) is 18.0. The molecule has 0 bridgehead atoms. The number of aromatic nitrogens is 2. The van der Waals surface area contributed by atoms with Gasteiger partial charge >= 0.3 is 5.97 Å². The molecule has 2 N–H and O–H groups in total. The fourth-order valence-electron chi connectivity index (χ4n) is 2.79. The van der Waals surface area contributed by atoms with E-state index in [1.807, 2.05) is 13.8 Å². The van der Waals surface area contributed by atoms with Crippen LogP contribution in [0.15, 0.2) is 24.0 Å². The van der Waals surface area contributed by atoms with Gasteiger partial charge in [0.2, 0.25) is 0 Å². The van der Waals surface area contributed by atoms with Crippen LogP contribution in [0.25, 0.3) is 16.6 Å². The molecular weight excluding hydrogens is 284 g/mol. The zero-order valence-corrected chi connectivity index (χ0v) is 12.3. The van der Waals surface area contributed by atoms with Gasteiger partial charge < -0.3 is 15.2 Å². The third-order valence-electron chi connectivity index (χ3n) is 3.80. The summed E-state index contributed by atoms with van der Waals surface area (Å²) in [6.07, 6.45) is 0.594. The Kier molecular flexibility index (Phi) is 3.05. The number of benzene rings is 1. The quantitative estimate of drug-likeness (QED) is 0.878. The van der Waals surface area contributed by atoms with Gasteiger partial charge in [-0.25, -0.2) is 9.78 Å². The molecule has 0 fully saturated rings. The fraction of sp³-hybridized carbons (Fsp3) is 0.312. The minimum absolute atomic E-state index is 0.0902. The standard InChI is InChI=1S/C16H16N2O4/c1-16(2)6-11(19)13(12(20)7-16)14-17-9-4-3-8(15(21)22)5-10(9)18-14/h3-5,19H,6-7H2,1-2H3,(H,17,18)(H,21,22)/p-1. The number of imidazole rings is 1. The van der Waals surface area contributed by atoms with Crippen LogP contribution in [-0.2, 0) is 4.79 Å². The Morgan fingerprint density at radius 2 is 2.09 bits per heavy atom. The first-order valence-corrected chi connectivity index (χ1v) is 6.94. The SMILES string of the molecule is CC1(C)CC(=O)C(c2nc3ccc(C(=O)O)cc3[nH]2)=C([O-])C1. The van der Waals surface area contributed by atoms with E-state index in [1.165, 1.54) is 12.1 Å². The highest BCUT2D eigenvalue weighted by Gasteiger charge is 2.31. The molecule has 0 unspecified atom stereocenters. The smallest absolute Gasteiger partial charge is 0.335 e. The summed E-state index contributed by atoms with van der Waals surface area (Å²) in [5, 5.41) is 21.3. The van der Waals surface area contributed by atoms with Crippen molar-refractivity contribution in [1.29, 1.82) is 0 Å². The summed E-state index contributed by atoms with van der Waals surface area (Å²) in [5.74, 6) is -1.27. The van der Waals surface area contributed by atoms with Crippen LogP contribution in [0.1, 0.15) is 42.9 Å². The zero-order valence-electron chi connectivity index (χ0n) is 12.3. The van der Waals surface area contributed by atoms with Crippen molar-refractivity contribution in [2.45, 2.75) is 26.7 Å². The number of carbonyl (C=O) groups is 2. The van der Waals surface area contributed by atoms with E-state index in [1.54, 1.807) is 6.07 Å². The summed E-state index contributed by atoms with van der Waals surface area (Å²) in [4.78, 5) is 30.4. The molecule has 22 heavy (non-hydrogen) atoms. The summed E-state index contributed by atoms with van der Waals surface area (Å²) >= 11 is 0. The number of rotatable bonds is 2. The first-order valence-electron chi connectivity index (χ1n) is 6.94. The Bertz CT molecular complexity index is 830. The number of fused-ring (bicyclic) bond motifs is 1. The summed E-state index contributed by atoms with van der Waals surface area (Å²) in [5.41, 5.74) is 0.897. The van der Waals surface area contributed by atoms with Gasteiger partial charge in [0.05, 0.1) is 16.6 Å². The molecule has 1 aliphatic rings. The summed E-state index contributed by atoms with van der Waals surface area (Å²) < 4.78 is 0. The first kappa shape index (κ1) is 14.3. The van der Waals surface area contributed by atoms with E-state index in [9.17, 15) is 14.7 Å². The maximum absolute atomic E-state index is 12.3. The number of aromatic amines is 1. The Morgan fingerprint density at radius 3 is 2.73 bits per heavy atom. The van der Waals surface area contributed by atoms with E-state index in [2.05, 4.69) is 9.97 Å². The van der Waals surface area contributed by atoms with Gasteiger partial charge in [0.1, 0.15) is 5.82 Å². The summed E-state index contributed by atoms with van der Waals surface area (Å²) in [6.45, 7) is 3.77. The van der Waals surface area contributed by atoms with Gasteiger partial charge in [-0.05, 0) is 30.0 Å². The highest BCUT2D eigenvalue weighted by Crippen LogP contribution is 2.37. The molecular formula is C16H15N2O4-. The second-order valence-electron chi connectivity index (χ2n) is 6.36. The predicted octanol–water partition coefficient (Wildman–Crippen LogP) is 1.72. The van der Waals surface area contributed by atoms with Crippen molar-refractivity contribution in [1.82, 2.24) is 9.97 Å². The van der Waals surface area contributed by atoms with Gasteiger partial charge in [-0.3, -0.25) is 4.79 Å². The van der Waals surface area contributed by atoms with Crippen molar-refractivity contribution in [2.75, 3.05) is 0 Å². The number of allylic oxidation sites excluding steroid dienone is 2. The van der Waals surface area contributed by atoms with E-state index in [0.29, 0.717) is 23.9 Å². The number of carboxylic acid groups (broad SMARTS) is 1. The minimum atomic E-state index is -1.04. The lowest BCUT2D eigenvalue weighted by atomic mass is 9.76. The van der Waals surface area contributed by atoms with Crippen LogP contribution in [-0.4, -0.2) is 26.8 Å². The predicted molar refractivity (Wildman–Crippen MR) is 78.0 cm³/mol. The Morgan fingerprint density at radius 1 is 1.36 bits per heavy atom. The maximum Gasteiger partial charge on any atom is 0.335 e. The maximum atomic E-state index is 12.3. The van der Waals surface area contributed by atoms with Gasteiger partial charge in [0, 0.05) is 12.0 Å². The Labute approximate surface area is 126 Å². The van der Waals surface area contributed by atoms with Crippen LogP contribution >= 0.6 is 0 Å². The molecule has 2 aromatic rings. The molecule has 6 heteroatoms. The minimum Gasteiger partial charge on any atom is -0.875 e. The average molecular weight is 299 g/mol. The number of ketones is 1. The molecule has 0 atom stereocenters. The summed E-state index contributed by atoms with van der Waals surface area (Å²) in [7, 11) is 0. The number of carbonyl (C=O) groups excluding carboxylic acids is 1. The largest absolute Gasteiger partial charge is 0.875 e. The van der Waals surface area contributed by atoms with E-state index in [-0.39, 0.29) is 33.9 Å². The molecule has 0 saturated carbocycles. The van der Waals surface area contributed by atoms with Crippen molar-refractivity contribution in [2.24, 2.45) is 5.41 Å². The van der Waals surface area contributed by atoms with Crippen molar-refractivity contribution in [3.63, 3.8) is 0 Å². The highest BCUT2D eigenvalue weighted by atomic mass is 16.4. The lowest BCUT2D eigenvalue weighted by Crippen LogP contribution is -2.29. The van der Waals surface area contributed by atoms with Crippen LogP contribution < -0.4 is 5.11 Å². The first-order chi connectivity index (χ1) is 10.3. The van der Waals surface area contributed by atoms with Crippen molar-refractivity contribution >= 4 is 28.4 Å². The number of Topliss-reactive ketones (excluding diaryl/α,β-unsaturated/α-hetero) is 1. The van der Waals surface area contributed by atoms with Crippen LogP contribution in [0.2, 0.25) is 0 Å². The molecule has 1 aliphatic carbocycles. The molecule has 0 aliphatic heterocycles. The van der Waals surface area contributed by atoms with Crippen LogP contribution in [0.5, 0.6) is 0 Å². The Hall–Kier alpha value is -2.63. The van der Waals surface area contributed by atoms with Crippen LogP contribution in [0.3, 0.4) is 0 Å². The number of aromatic carboxylic acids is 1. The number of nitrogens with zero attached hydrogens (tertiary/aromatic N) is 1. The number of hydrogen-bond donors (Lipinski definition) is 2. The van der Waals surface area contributed by atoms with Crippen LogP contribution in [0.4, 0.5) is 0 Å². The summed E-state index contributed by atoms with van der Waals surface area (Å²) in [6, 6.07) is 4.44. The van der Waals surface area contributed by atoms with E-state index >= 15 is 0 Å². The molecule has 6 nitrogen and oxygen atoms in total. The van der Waals surface area contributed by atoms with Crippen molar-refractivity contribution in [3.05, 3.63) is 35.3 Å². The fourth-order valence-corrected chi connectivity index (χ4v) is 2.79. The van der Waals surface area contributed by atoms with Crippen molar-refractivity contribution in [3.8, 4) is 0 Å². The molecule has 114 valence electrons. The molecule has 3 rings (SSSR count). The molecule has 1 aromatic carbocycles. The lowest BCUT2D eigenvalue weighted by Gasteiger charge is -2.34. The topological polar surface area (TPSA) is 106 Å². The number of carboxylic acids is 1. The average Bonchev–Trinajstić information content (AvgIpc) is 2.77. The highest BCUT2D eigenvalue weighted by molar-refractivity contribution is 6.21. The van der Waals surface area contributed by atoms with Gasteiger partial charge in [-0.1, -0.05) is 13.8 Å². The second-order valence-corrected chi connectivity index (χ2v) is 6.36. The monoisotopic (exact) mass is 299 g/mol. The van der Waals surface area contributed by atoms with Gasteiger partial charge in [-0.2, -0.15) is 0 Å². The number of hydrogen-bond acceptors (Lipinski definition) is 4. The van der Waals surface area contributed by atoms with Crippen LogP contribution in [0, 0.1) is 5.41 Å². The van der Waals surface area contributed by atoms with Crippen molar-refractivity contribution < 1.29 is 19.8 Å². The van der Waals surface area contributed by atoms with E-state index in [0.717, 1.165) is 0 Å². The van der Waals surface area contributed by atoms with E-state index in [4.69, 9.17) is 5.11 Å². The molecule has 0 amide bonds. The molecule has 0 radical (unpaired) electrons. The molecule has 1 aromatic heterocycles. The molecule has 0 spiro atoms. The van der Waals surface area contributed by atoms with Gasteiger partial charge in [0.25, 0.3) is 0 Å². The third kappa shape index (κ3) is 2.36. The molecule has 0 saturated heterocycles. The zero-order chi connectivity index (χ0) is 16.1. The van der Waals surface area contributed by atoms with E-state index < -0.39 is 5.97 Å².